The number of carbonyl (C=O) groups is 1. The molecule has 0 aromatic carbocycles. The van der Waals surface area contributed by atoms with Gasteiger partial charge in [-0.2, -0.15) is 0 Å². The fourth-order valence-electron chi connectivity index (χ4n) is 2.99. The zero-order chi connectivity index (χ0) is 14.8. The van der Waals surface area contributed by atoms with Gasteiger partial charge in [-0.05, 0) is 25.3 Å². The molecule has 0 radical (unpaired) electrons. The van der Waals surface area contributed by atoms with Crippen LogP contribution in [0.2, 0.25) is 0 Å². The van der Waals surface area contributed by atoms with Crippen LogP contribution in [-0.4, -0.2) is 29.3 Å². The zero-order valence-electron chi connectivity index (χ0n) is 12.0. The average molecular weight is 385 g/mol. The molecule has 1 fully saturated rings. The highest BCUT2D eigenvalue weighted by atomic mass is 127. The first kappa shape index (κ1) is 15.5. The predicted octanol–water partition coefficient (Wildman–Crippen LogP) is 3.59. The monoisotopic (exact) mass is 385 g/mol. The van der Waals surface area contributed by atoms with Crippen LogP contribution in [-0.2, 0) is 9.53 Å². The first-order valence-corrected chi connectivity index (χ1v) is 7.73. The molecule has 0 atom stereocenters. The number of methoxy groups -OCH3 is 1. The number of halogens is 1. The van der Waals surface area contributed by atoms with Crippen molar-refractivity contribution in [3.8, 4) is 0 Å². The molecule has 0 saturated carbocycles. The van der Waals surface area contributed by atoms with Crippen molar-refractivity contribution in [2.75, 3.05) is 20.2 Å². The second-order valence-electron chi connectivity index (χ2n) is 5.25. The second kappa shape index (κ2) is 6.26. The summed E-state index contributed by atoms with van der Waals surface area (Å²) in [6.07, 6.45) is 9.80. The molecule has 0 amide bonds. The first-order chi connectivity index (χ1) is 9.54. The molecule has 0 N–H and O–H groups in total. The zero-order valence-corrected chi connectivity index (χ0v) is 14.1. The first-order valence-electron chi connectivity index (χ1n) is 6.77. The van der Waals surface area contributed by atoms with Crippen molar-refractivity contribution >= 4 is 28.8 Å². The molecule has 0 bridgehead atoms. The van der Waals surface area contributed by atoms with Gasteiger partial charge < -0.3 is 4.74 Å². The molecule has 2 aliphatic rings. The Morgan fingerprint density at radius 2 is 2.15 bits per heavy atom. The highest BCUT2D eigenvalue weighted by Crippen LogP contribution is 2.49. The molecule has 3 nitrogen and oxygen atoms in total. The minimum atomic E-state index is -0.248. The van der Waals surface area contributed by atoms with E-state index in [1.807, 2.05) is 12.2 Å². The Labute approximate surface area is 134 Å². The van der Waals surface area contributed by atoms with E-state index in [-0.39, 0.29) is 11.4 Å². The lowest BCUT2D eigenvalue weighted by Crippen LogP contribution is -2.34. The Hall–Kier alpha value is -0.880. The van der Waals surface area contributed by atoms with Gasteiger partial charge in [0, 0.05) is 41.4 Å². The van der Waals surface area contributed by atoms with Crippen LogP contribution >= 0.6 is 22.9 Å². The Balaban J connectivity index is 2.42. The van der Waals surface area contributed by atoms with Gasteiger partial charge in [-0.15, -0.1) is 0 Å². The van der Waals surface area contributed by atoms with Crippen LogP contribution < -0.4 is 0 Å². The van der Waals surface area contributed by atoms with Gasteiger partial charge in [-0.3, -0.25) is 0 Å². The number of piperidine rings is 1. The SMILES string of the molecule is C=C/C=C\C1=C(C)C2(C=C1C(=O)OC)CCN(I)CC2. The van der Waals surface area contributed by atoms with E-state index in [1.165, 1.54) is 12.7 Å². The standard InChI is InChI=1S/C16H20INO2/c1-4-5-6-13-12(2)16(7-9-18(17)10-8-16)11-14(13)15(19)20-3/h4-6,11H,1,7-10H2,2-3H3/b6-5-. The molecular weight excluding hydrogens is 365 g/mol. The molecule has 0 aromatic heterocycles. The van der Waals surface area contributed by atoms with E-state index < -0.39 is 0 Å². The fraction of sp³-hybridized carbons (Fsp3) is 0.438. The van der Waals surface area contributed by atoms with E-state index in [9.17, 15) is 4.79 Å². The average Bonchev–Trinajstić information content (AvgIpc) is 2.73. The maximum atomic E-state index is 12.0. The minimum Gasteiger partial charge on any atom is -0.465 e. The minimum absolute atomic E-state index is 0.0199. The third-order valence-corrected chi connectivity index (χ3v) is 5.23. The van der Waals surface area contributed by atoms with Crippen LogP contribution in [0.4, 0.5) is 0 Å². The summed E-state index contributed by atoms with van der Waals surface area (Å²) in [5, 5.41) is 0. The van der Waals surface area contributed by atoms with Crippen LogP contribution in [0.5, 0.6) is 0 Å². The van der Waals surface area contributed by atoms with Gasteiger partial charge in [-0.1, -0.05) is 36.5 Å². The van der Waals surface area contributed by atoms with Crippen molar-refractivity contribution in [1.82, 2.24) is 3.11 Å². The third-order valence-electron chi connectivity index (χ3n) is 4.27. The number of hydrogen-bond acceptors (Lipinski definition) is 3. The number of esters is 1. The Kier molecular flexibility index (Phi) is 4.86. The smallest absolute Gasteiger partial charge is 0.338 e. The molecule has 1 aliphatic heterocycles. The van der Waals surface area contributed by atoms with Crippen LogP contribution in [0.25, 0.3) is 0 Å². The lowest BCUT2D eigenvalue weighted by atomic mass is 9.75. The summed E-state index contributed by atoms with van der Waals surface area (Å²) in [7, 11) is 1.44. The van der Waals surface area contributed by atoms with Crippen LogP contribution in [0.3, 0.4) is 0 Å². The summed E-state index contributed by atoms with van der Waals surface area (Å²) < 4.78 is 7.24. The molecule has 20 heavy (non-hydrogen) atoms. The third kappa shape index (κ3) is 2.76. The van der Waals surface area contributed by atoms with E-state index in [0.29, 0.717) is 5.57 Å². The molecule has 4 heteroatoms. The van der Waals surface area contributed by atoms with Crippen molar-refractivity contribution in [3.63, 3.8) is 0 Å². The molecule has 108 valence electrons. The Morgan fingerprint density at radius 3 is 2.70 bits per heavy atom. The van der Waals surface area contributed by atoms with Crippen LogP contribution in [0.15, 0.2) is 47.6 Å². The van der Waals surface area contributed by atoms with Crippen molar-refractivity contribution < 1.29 is 9.53 Å². The van der Waals surface area contributed by atoms with E-state index in [4.69, 9.17) is 4.74 Å². The summed E-state index contributed by atoms with van der Waals surface area (Å²) in [5.41, 5.74) is 3.00. The van der Waals surface area contributed by atoms with E-state index in [1.54, 1.807) is 6.08 Å². The maximum Gasteiger partial charge on any atom is 0.338 e. The quantitative estimate of drug-likeness (QED) is 0.322. The summed E-state index contributed by atoms with van der Waals surface area (Å²) in [6, 6.07) is 0. The van der Waals surface area contributed by atoms with Gasteiger partial charge in [0.1, 0.15) is 0 Å². The molecule has 1 spiro atoms. The van der Waals surface area contributed by atoms with Gasteiger partial charge in [0.15, 0.2) is 0 Å². The lowest BCUT2D eigenvalue weighted by Gasteiger charge is -2.37. The van der Waals surface area contributed by atoms with Gasteiger partial charge in [0.2, 0.25) is 0 Å². The van der Waals surface area contributed by atoms with Gasteiger partial charge >= 0.3 is 5.97 Å². The predicted molar refractivity (Wildman–Crippen MR) is 89.4 cm³/mol. The van der Waals surface area contributed by atoms with E-state index >= 15 is 0 Å². The van der Waals surface area contributed by atoms with Crippen LogP contribution in [0.1, 0.15) is 19.8 Å². The molecular formula is C16H20INO2. The molecule has 0 unspecified atom stereocenters. The highest BCUT2D eigenvalue weighted by molar-refractivity contribution is 14.1. The van der Waals surface area contributed by atoms with Crippen molar-refractivity contribution in [3.05, 3.63) is 47.6 Å². The topological polar surface area (TPSA) is 29.5 Å². The number of allylic oxidation sites excluding steroid dienone is 5. The van der Waals surface area contributed by atoms with Crippen molar-refractivity contribution in [2.45, 2.75) is 19.8 Å². The number of carbonyl (C=O) groups excluding carboxylic acids is 1. The summed E-state index contributed by atoms with van der Waals surface area (Å²) in [4.78, 5) is 12.0. The number of ether oxygens (including phenoxy) is 1. The largest absolute Gasteiger partial charge is 0.465 e. The highest BCUT2D eigenvalue weighted by Gasteiger charge is 2.41. The summed E-state index contributed by atoms with van der Waals surface area (Å²) >= 11 is 2.37. The lowest BCUT2D eigenvalue weighted by molar-refractivity contribution is -0.135. The molecule has 2 rings (SSSR count). The summed E-state index contributed by atoms with van der Waals surface area (Å²) in [6.45, 7) is 7.92. The fourth-order valence-corrected chi connectivity index (χ4v) is 3.47. The van der Waals surface area contributed by atoms with Gasteiger partial charge in [0.05, 0.1) is 12.7 Å². The molecule has 1 heterocycles. The van der Waals surface area contributed by atoms with Gasteiger partial charge in [0.25, 0.3) is 0 Å². The number of rotatable bonds is 3. The molecule has 0 aromatic rings. The summed E-state index contributed by atoms with van der Waals surface area (Å²) in [5.74, 6) is -0.248. The maximum absolute atomic E-state index is 12.0. The van der Waals surface area contributed by atoms with Crippen molar-refractivity contribution in [1.29, 1.82) is 0 Å². The Morgan fingerprint density at radius 1 is 1.50 bits per heavy atom. The number of hydrogen-bond donors (Lipinski definition) is 0. The Bertz CT molecular complexity index is 509. The normalized spacial score (nSPS) is 22.4. The van der Waals surface area contributed by atoms with E-state index in [0.717, 1.165) is 31.5 Å². The van der Waals surface area contributed by atoms with E-state index in [2.05, 4.69) is 45.6 Å². The second-order valence-corrected chi connectivity index (χ2v) is 6.61. The molecule has 1 saturated heterocycles. The van der Waals surface area contributed by atoms with Gasteiger partial charge in [-0.25, -0.2) is 7.91 Å². The van der Waals surface area contributed by atoms with Crippen LogP contribution in [0, 0.1) is 5.41 Å². The van der Waals surface area contributed by atoms with Crippen molar-refractivity contribution in [2.24, 2.45) is 5.41 Å². The molecule has 1 aliphatic carbocycles. The number of nitrogens with zero attached hydrogens (tertiary/aromatic N) is 1.